The van der Waals surface area contributed by atoms with Crippen molar-refractivity contribution < 1.29 is 10.1 Å². The van der Waals surface area contributed by atoms with E-state index in [0.717, 1.165) is 29.3 Å². The zero-order chi connectivity index (χ0) is 15.1. The van der Waals surface area contributed by atoms with Crippen LogP contribution in [0, 0.1) is 0 Å². The van der Waals surface area contributed by atoms with E-state index in [-0.39, 0.29) is 0 Å². The quantitative estimate of drug-likeness (QED) is 0.711. The molecule has 2 aromatic carbocycles. The van der Waals surface area contributed by atoms with Gasteiger partial charge in [0.1, 0.15) is 5.75 Å². The number of ether oxygens (including phenoxy) is 1. The van der Waals surface area contributed by atoms with Crippen LogP contribution in [0.3, 0.4) is 0 Å². The molecule has 0 spiro atoms. The molecule has 0 unspecified atom stereocenters. The van der Waals surface area contributed by atoms with E-state index in [1.807, 2.05) is 0 Å². The zero-order valence-corrected chi connectivity index (χ0v) is 14.5. The minimum Gasteiger partial charge on any atom is -0.492 e. The first-order valence-electron chi connectivity index (χ1n) is 7.85. The lowest BCUT2D eigenvalue weighted by molar-refractivity contribution is -0.686. The fraction of sp³-hybridized carbons (Fsp3) is 0.444. The van der Waals surface area contributed by atoms with E-state index in [2.05, 4.69) is 71.5 Å². The lowest BCUT2D eigenvalue weighted by Gasteiger charge is -2.11. The average Bonchev–Trinajstić information content (AvgIpc) is 2.52. The summed E-state index contributed by atoms with van der Waals surface area (Å²) < 4.78 is 6.98. The van der Waals surface area contributed by atoms with Crippen LogP contribution < -0.4 is 10.1 Å². The predicted octanol–water partition coefficient (Wildman–Crippen LogP) is 4.12. The first-order valence-corrected chi connectivity index (χ1v) is 8.65. The summed E-state index contributed by atoms with van der Waals surface area (Å²) in [4.78, 5) is 0. The molecule has 0 bridgehead atoms. The van der Waals surface area contributed by atoms with Crippen LogP contribution in [0.15, 0.2) is 40.9 Å². The molecule has 0 fully saturated rings. The second-order valence-electron chi connectivity index (χ2n) is 5.56. The molecule has 0 aliphatic carbocycles. The van der Waals surface area contributed by atoms with Gasteiger partial charge in [-0.25, -0.2) is 0 Å². The standard InChI is InChI=1S/C18H24BrNO/c1-3-14(2)20-12-6-7-13-21-17-11-10-15-8-4-5-9-16(15)18(17)19/h4-5,8-11,14,20H,3,6-7,12-13H2,1-2H3/p+1/t14-/m0/s1. The number of hydrogen-bond donors (Lipinski definition) is 1. The number of rotatable bonds is 8. The molecule has 2 N–H and O–H groups in total. The molecule has 0 aliphatic heterocycles. The number of fused-ring (bicyclic) bond motifs is 1. The molecule has 0 aromatic heterocycles. The number of benzene rings is 2. The van der Waals surface area contributed by atoms with Crippen molar-refractivity contribution in [2.45, 2.75) is 39.2 Å². The van der Waals surface area contributed by atoms with Crippen molar-refractivity contribution in [1.82, 2.24) is 0 Å². The second kappa shape index (κ2) is 8.40. The Morgan fingerprint density at radius 1 is 1.14 bits per heavy atom. The molecule has 0 amide bonds. The molecule has 2 rings (SSSR count). The summed E-state index contributed by atoms with van der Waals surface area (Å²) in [5, 5.41) is 4.87. The van der Waals surface area contributed by atoms with Crippen molar-refractivity contribution in [3.05, 3.63) is 40.9 Å². The number of hydrogen-bond acceptors (Lipinski definition) is 1. The van der Waals surface area contributed by atoms with Gasteiger partial charge in [0.15, 0.2) is 0 Å². The third-order valence-corrected chi connectivity index (χ3v) is 4.71. The summed E-state index contributed by atoms with van der Waals surface area (Å²) in [6.45, 7) is 6.49. The van der Waals surface area contributed by atoms with E-state index in [1.165, 1.54) is 30.2 Å². The molecule has 0 saturated carbocycles. The molecule has 0 saturated heterocycles. The minimum atomic E-state index is 0.737. The van der Waals surface area contributed by atoms with Gasteiger partial charge >= 0.3 is 0 Å². The van der Waals surface area contributed by atoms with Crippen LogP contribution in [0.5, 0.6) is 5.75 Å². The zero-order valence-electron chi connectivity index (χ0n) is 12.9. The normalized spacial score (nSPS) is 12.5. The Balaban J connectivity index is 1.80. The third-order valence-electron chi connectivity index (χ3n) is 3.90. The first-order chi connectivity index (χ1) is 10.2. The fourth-order valence-electron chi connectivity index (χ4n) is 2.32. The molecule has 0 aliphatic rings. The SMILES string of the molecule is CC[C@H](C)[NH2+]CCCCOc1ccc2ccccc2c1Br. The van der Waals surface area contributed by atoms with E-state index in [9.17, 15) is 0 Å². The van der Waals surface area contributed by atoms with Crippen LogP contribution in [0.2, 0.25) is 0 Å². The van der Waals surface area contributed by atoms with Crippen molar-refractivity contribution in [3.8, 4) is 5.75 Å². The van der Waals surface area contributed by atoms with Gasteiger partial charge in [0.05, 0.1) is 23.7 Å². The monoisotopic (exact) mass is 350 g/mol. The highest BCUT2D eigenvalue weighted by atomic mass is 79.9. The highest BCUT2D eigenvalue weighted by Gasteiger charge is 2.06. The lowest BCUT2D eigenvalue weighted by atomic mass is 10.1. The molecule has 2 nitrogen and oxygen atoms in total. The van der Waals surface area contributed by atoms with Gasteiger partial charge in [-0.3, -0.25) is 0 Å². The Bertz CT molecular complexity index is 570. The van der Waals surface area contributed by atoms with Crippen LogP contribution in [-0.4, -0.2) is 19.2 Å². The summed E-state index contributed by atoms with van der Waals surface area (Å²) in [5.41, 5.74) is 0. The van der Waals surface area contributed by atoms with Gasteiger partial charge in [0.25, 0.3) is 0 Å². The summed E-state index contributed by atoms with van der Waals surface area (Å²) in [6.07, 6.45) is 3.54. The van der Waals surface area contributed by atoms with E-state index in [0.29, 0.717) is 0 Å². The Morgan fingerprint density at radius 2 is 1.95 bits per heavy atom. The topological polar surface area (TPSA) is 25.8 Å². The van der Waals surface area contributed by atoms with Crippen LogP contribution in [0.25, 0.3) is 10.8 Å². The molecular formula is C18H25BrNO+. The summed E-state index contributed by atoms with van der Waals surface area (Å²) in [6, 6.07) is 13.3. The Kier molecular flexibility index (Phi) is 6.52. The van der Waals surface area contributed by atoms with Gasteiger partial charge in [-0.15, -0.1) is 0 Å². The Hall–Kier alpha value is -1.06. The summed E-state index contributed by atoms with van der Waals surface area (Å²) in [7, 11) is 0. The van der Waals surface area contributed by atoms with Crippen LogP contribution in [-0.2, 0) is 0 Å². The van der Waals surface area contributed by atoms with Gasteiger partial charge in [-0.1, -0.05) is 37.3 Å². The Labute approximate surface area is 136 Å². The third kappa shape index (κ3) is 4.72. The van der Waals surface area contributed by atoms with Gasteiger partial charge < -0.3 is 10.1 Å². The van der Waals surface area contributed by atoms with Gasteiger partial charge in [-0.2, -0.15) is 0 Å². The van der Waals surface area contributed by atoms with Gasteiger partial charge in [0, 0.05) is 0 Å². The maximum atomic E-state index is 5.92. The first kappa shape index (κ1) is 16.3. The van der Waals surface area contributed by atoms with E-state index >= 15 is 0 Å². The molecule has 1 atom stereocenters. The molecular weight excluding hydrogens is 326 g/mol. The number of quaternary nitrogens is 1. The van der Waals surface area contributed by atoms with E-state index in [1.54, 1.807) is 0 Å². The molecule has 114 valence electrons. The van der Waals surface area contributed by atoms with E-state index < -0.39 is 0 Å². The predicted molar refractivity (Wildman–Crippen MR) is 92.9 cm³/mol. The molecule has 21 heavy (non-hydrogen) atoms. The lowest BCUT2D eigenvalue weighted by Crippen LogP contribution is -2.89. The van der Waals surface area contributed by atoms with Crippen molar-refractivity contribution in [2.24, 2.45) is 0 Å². The van der Waals surface area contributed by atoms with Crippen LogP contribution in [0.4, 0.5) is 0 Å². The highest BCUT2D eigenvalue weighted by molar-refractivity contribution is 9.10. The Morgan fingerprint density at radius 3 is 2.76 bits per heavy atom. The number of halogens is 1. The number of unbranched alkanes of at least 4 members (excludes halogenated alkanes) is 1. The highest BCUT2D eigenvalue weighted by Crippen LogP contribution is 2.33. The maximum absolute atomic E-state index is 5.92. The molecule has 3 heteroatoms. The van der Waals surface area contributed by atoms with Crippen molar-refractivity contribution >= 4 is 26.7 Å². The summed E-state index contributed by atoms with van der Waals surface area (Å²) in [5.74, 6) is 0.944. The van der Waals surface area contributed by atoms with Crippen LogP contribution in [0.1, 0.15) is 33.1 Å². The number of nitrogens with two attached hydrogens (primary N) is 1. The van der Waals surface area contributed by atoms with Crippen LogP contribution >= 0.6 is 15.9 Å². The average molecular weight is 351 g/mol. The summed E-state index contributed by atoms with van der Waals surface area (Å²) >= 11 is 3.66. The molecule has 0 heterocycles. The second-order valence-corrected chi connectivity index (χ2v) is 6.36. The van der Waals surface area contributed by atoms with Gasteiger partial charge in [0.2, 0.25) is 0 Å². The largest absolute Gasteiger partial charge is 0.492 e. The minimum absolute atomic E-state index is 0.737. The van der Waals surface area contributed by atoms with Crippen molar-refractivity contribution in [2.75, 3.05) is 13.2 Å². The maximum Gasteiger partial charge on any atom is 0.134 e. The molecule has 2 aromatic rings. The van der Waals surface area contributed by atoms with E-state index in [4.69, 9.17) is 4.74 Å². The fourth-order valence-corrected chi connectivity index (χ4v) is 2.93. The van der Waals surface area contributed by atoms with Crippen molar-refractivity contribution in [3.63, 3.8) is 0 Å². The van der Waals surface area contributed by atoms with Gasteiger partial charge in [-0.05, 0) is 59.0 Å². The molecule has 0 radical (unpaired) electrons. The van der Waals surface area contributed by atoms with Crippen molar-refractivity contribution in [1.29, 1.82) is 0 Å². The smallest absolute Gasteiger partial charge is 0.134 e.